The second-order valence-electron chi connectivity index (χ2n) is 5.99. The van der Waals surface area contributed by atoms with Crippen LogP contribution < -0.4 is 10.5 Å². The van der Waals surface area contributed by atoms with Gasteiger partial charge in [-0.25, -0.2) is 4.79 Å². The molecule has 24 heavy (non-hydrogen) atoms. The second kappa shape index (κ2) is 5.49. The summed E-state index contributed by atoms with van der Waals surface area (Å²) < 4.78 is 5.29. The smallest absolute Gasteiger partial charge is 0.349 e. The summed E-state index contributed by atoms with van der Waals surface area (Å²) in [7, 11) is 0. The number of benzene rings is 2. The zero-order chi connectivity index (χ0) is 16.8. The lowest BCUT2D eigenvalue weighted by molar-refractivity contribution is 0.0978. The summed E-state index contributed by atoms with van der Waals surface area (Å²) in [5.41, 5.74) is 1.75. The van der Waals surface area contributed by atoms with Gasteiger partial charge < -0.3 is 9.32 Å². The molecule has 0 saturated carbocycles. The van der Waals surface area contributed by atoms with Crippen molar-refractivity contribution in [1.82, 2.24) is 0 Å². The number of amides is 1. The summed E-state index contributed by atoms with van der Waals surface area (Å²) in [5.74, 6) is -0.344. The molecule has 4 nitrogen and oxygen atoms in total. The fourth-order valence-corrected chi connectivity index (χ4v) is 3.43. The number of fused-ring (bicyclic) bond motifs is 2. The summed E-state index contributed by atoms with van der Waals surface area (Å²) in [6.07, 6.45) is 0.770. The minimum absolute atomic E-state index is 0.00985. The number of nitrogens with zero attached hydrogens (tertiary/aromatic N) is 1. The fourth-order valence-electron chi connectivity index (χ4n) is 3.25. The largest absolute Gasteiger partial charge is 0.422 e. The van der Waals surface area contributed by atoms with Crippen LogP contribution in [0.3, 0.4) is 0 Å². The van der Waals surface area contributed by atoms with Crippen molar-refractivity contribution < 1.29 is 9.21 Å². The number of rotatable bonds is 1. The number of carbonyl (C=O) groups excluding carboxylic acids is 1. The van der Waals surface area contributed by atoms with E-state index in [-0.39, 0.29) is 17.5 Å². The Kier molecular flexibility index (Phi) is 3.43. The van der Waals surface area contributed by atoms with Crippen LogP contribution in [0.5, 0.6) is 0 Å². The molecule has 2 aromatic carbocycles. The molecule has 1 atom stereocenters. The van der Waals surface area contributed by atoms with Gasteiger partial charge in [0.25, 0.3) is 5.91 Å². The summed E-state index contributed by atoms with van der Waals surface area (Å²) in [6.45, 7) is 1.97. The predicted molar refractivity (Wildman–Crippen MR) is 93.9 cm³/mol. The van der Waals surface area contributed by atoms with E-state index in [2.05, 4.69) is 0 Å². The van der Waals surface area contributed by atoms with Crippen LogP contribution >= 0.6 is 11.6 Å². The first-order valence-corrected chi connectivity index (χ1v) is 8.07. The molecular weight excluding hydrogens is 326 g/mol. The molecule has 2 heterocycles. The number of anilines is 1. The van der Waals surface area contributed by atoms with Gasteiger partial charge in [0.15, 0.2) is 0 Å². The SMILES string of the molecule is C[C@@H]1Cc2ccccc2N1C(=O)c1cc2cc(Cl)ccc2oc1=O. The summed E-state index contributed by atoms with van der Waals surface area (Å²) >= 11 is 5.99. The van der Waals surface area contributed by atoms with Crippen molar-refractivity contribution >= 4 is 34.2 Å². The minimum atomic E-state index is -0.633. The van der Waals surface area contributed by atoms with Crippen LogP contribution in [-0.4, -0.2) is 11.9 Å². The van der Waals surface area contributed by atoms with E-state index < -0.39 is 5.63 Å². The van der Waals surface area contributed by atoms with E-state index >= 15 is 0 Å². The topological polar surface area (TPSA) is 50.5 Å². The Morgan fingerprint density at radius 2 is 2.00 bits per heavy atom. The third-order valence-corrected chi connectivity index (χ3v) is 4.59. The fraction of sp³-hybridized carbons (Fsp3) is 0.158. The molecule has 1 aromatic heterocycles. The summed E-state index contributed by atoms with van der Waals surface area (Å²) in [5, 5.41) is 1.15. The van der Waals surface area contributed by atoms with E-state index in [9.17, 15) is 9.59 Å². The van der Waals surface area contributed by atoms with Crippen LogP contribution in [0.25, 0.3) is 11.0 Å². The number of para-hydroxylation sites is 1. The van der Waals surface area contributed by atoms with Crippen LogP contribution in [0.2, 0.25) is 5.02 Å². The molecule has 0 saturated heterocycles. The number of hydrogen-bond acceptors (Lipinski definition) is 3. The normalized spacial score (nSPS) is 16.4. The maximum Gasteiger partial charge on any atom is 0.349 e. The van der Waals surface area contributed by atoms with Gasteiger partial charge >= 0.3 is 5.63 Å². The molecule has 5 heteroatoms. The number of halogens is 1. The van der Waals surface area contributed by atoms with Gasteiger partial charge in [-0.1, -0.05) is 29.8 Å². The van der Waals surface area contributed by atoms with Gasteiger partial charge in [0.2, 0.25) is 0 Å². The maximum absolute atomic E-state index is 13.0. The van der Waals surface area contributed by atoms with Gasteiger partial charge in [-0.3, -0.25) is 4.79 Å². The third kappa shape index (κ3) is 2.31. The zero-order valence-corrected chi connectivity index (χ0v) is 13.7. The minimum Gasteiger partial charge on any atom is -0.422 e. The lowest BCUT2D eigenvalue weighted by atomic mass is 10.1. The molecule has 0 radical (unpaired) electrons. The highest BCUT2D eigenvalue weighted by Crippen LogP contribution is 2.33. The maximum atomic E-state index is 13.0. The molecule has 120 valence electrons. The average Bonchev–Trinajstić information content (AvgIpc) is 2.89. The van der Waals surface area contributed by atoms with Gasteiger partial charge in [0, 0.05) is 22.1 Å². The van der Waals surface area contributed by atoms with E-state index in [1.54, 1.807) is 29.2 Å². The molecule has 3 aromatic rings. The zero-order valence-electron chi connectivity index (χ0n) is 13.0. The Balaban J connectivity index is 1.84. The first-order valence-electron chi connectivity index (χ1n) is 7.69. The molecular formula is C19H14ClNO3. The highest BCUT2D eigenvalue weighted by molar-refractivity contribution is 6.31. The van der Waals surface area contributed by atoms with Crippen molar-refractivity contribution in [2.75, 3.05) is 4.90 Å². The van der Waals surface area contributed by atoms with E-state index in [1.807, 2.05) is 31.2 Å². The van der Waals surface area contributed by atoms with E-state index in [0.717, 1.165) is 17.7 Å². The van der Waals surface area contributed by atoms with Crippen molar-refractivity contribution in [3.05, 3.63) is 75.1 Å². The molecule has 0 fully saturated rings. The molecule has 0 aliphatic carbocycles. The van der Waals surface area contributed by atoms with Crippen molar-refractivity contribution in [2.24, 2.45) is 0 Å². The van der Waals surface area contributed by atoms with Crippen LogP contribution in [0.15, 0.2) is 57.7 Å². The Labute approximate surface area is 143 Å². The van der Waals surface area contributed by atoms with Crippen LogP contribution in [0, 0.1) is 0 Å². The van der Waals surface area contributed by atoms with E-state index in [0.29, 0.717) is 16.0 Å². The lowest BCUT2D eigenvalue weighted by Gasteiger charge is -2.22. The quantitative estimate of drug-likeness (QED) is 0.629. The Hall–Kier alpha value is -2.59. The van der Waals surface area contributed by atoms with Crippen molar-refractivity contribution in [2.45, 2.75) is 19.4 Å². The predicted octanol–water partition coefficient (Wildman–Crippen LogP) is 4.04. The third-order valence-electron chi connectivity index (χ3n) is 4.35. The van der Waals surface area contributed by atoms with Gasteiger partial charge in [0.05, 0.1) is 0 Å². The van der Waals surface area contributed by atoms with Crippen molar-refractivity contribution in [3.8, 4) is 0 Å². The van der Waals surface area contributed by atoms with Crippen LogP contribution in [-0.2, 0) is 6.42 Å². The van der Waals surface area contributed by atoms with Gasteiger partial charge in [-0.15, -0.1) is 0 Å². The van der Waals surface area contributed by atoms with Gasteiger partial charge in [0.1, 0.15) is 11.1 Å². The molecule has 4 rings (SSSR count). The summed E-state index contributed by atoms with van der Waals surface area (Å²) in [4.78, 5) is 27.0. The molecule has 0 unspecified atom stereocenters. The number of hydrogen-bond donors (Lipinski definition) is 0. The van der Waals surface area contributed by atoms with E-state index in [1.165, 1.54) is 0 Å². The molecule has 0 spiro atoms. The first-order chi connectivity index (χ1) is 11.5. The Morgan fingerprint density at radius 1 is 1.21 bits per heavy atom. The van der Waals surface area contributed by atoms with Crippen LogP contribution in [0.1, 0.15) is 22.8 Å². The second-order valence-corrected chi connectivity index (χ2v) is 6.42. The highest BCUT2D eigenvalue weighted by atomic mass is 35.5. The lowest BCUT2D eigenvalue weighted by Crippen LogP contribution is -2.38. The molecule has 0 N–H and O–H groups in total. The Morgan fingerprint density at radius 3 is 2.83 bits per heavy atom. The molecule has 0 bridgehead atoms. The molecule has 1 aliphatic heterocycles. The van der Waals surface area contributed by atoms with Gasteiger partial charge in [-0.2, -0.15) is 0 Å². The highest BCUT2D eigenvalue weighted by Gasteiger charge is 2.32. The van der Waals surface area contributed by atoms with Crippen LogP contribution in [0.4, 0.5) is 5.69 Å². The van der Waals surface area contributed by atoms with E-state index in [4.69, 9.17) is 16.0 Å². The van der Waals surface area contributed by atoms with Gasteiger partial charge in [-0.05, 0) is 49.2 Å². The first kappa shape index (κ1) is 15.0. The molecule has 1 amide bonds. The van der Waals surface area contributed by atoms with Crippen molar-refractivity contribution in [3.63, 3.8) is 0 Å². The average molecular weight is 340 g/mol. The number of carbonyl (C=O) groups is 1. The monoisotopic (exact) mass is 339 g/mol. The van der Waals surface area contributed by atoms with Crippen molar-refractivity contribution in [1.29, 1.82) is 0 Å². The summed E-state index contributed by atoms with van der Waals surface area (Å²) in [6, 6.07) is 14.2. The molecule has 1 aliphatic rings. The standard InChI is InChI=1S/C19H14ClNO3/c1-11-8-12-4-2-3-5-16(12)21(11)18(22)15-10-13-9-14(20)6-7-17(13)24-19(15)23/h2-7,9-11H,8H2,1H3/t11-/m1/s1. The Bertz CT molecular complexity index is 1020.